The van der Waals surface area contributed by atoms with Crippen LogP contribution in [-0.4, -0.2) is 32.8 Å². The molecule has 0 spiro atoms. The van der Waals surface area contributed by atoms with Crippen molar-refractivity contribution >= 4 is 11.8 Å². The van der Waals surface area contributed by atoms with E-state index >= 15 is 0 Å². The Morgan fingerprint density at radius 2 is 1.90 bits per heavy atom. The van der Waals surface area contributed by atoms with Gasteiger partial charge < -0.3 is 20.8 Å². The van der Waals surface area contributed by atoms with Gasteiger partial charge in [-0.25, -0.2) is 4.98 Å². The van der Waals surface area contributed by atoms with Crippen molar-refractivity contribution in [3.63, 3.8) is 0 Å². The summed E-state index contributed by atoms with van der Waals surface area (Å²) in [6.07, 6.45) is 7.04. The highest BCUT2D eigenvalue weighted by Gasteiger charge is 2.54. The van der Waals surface area contributed by atoms with Crippen LogP contribution < -0.4 is 10.6 Å². The maximum absolute atomic E-state index is 10.5. The number of aliphatic hydroxyl groups excluding tert-OH is 1. The van der Waals surface area contributed by atoms with Gasteiger partial charge in [-0.3, -0.25) is 0 Å². The molecule has 6 rings (SSSR count). The normalized spacial score (nSPS) is 31.3. The van der Waals surface area contributed by atoms with Crippen LogP contribution in [0.25, 0.3) is 0 Å². The summed E-state index contributed by atoms with van der Waals surface area (Å²) in [5.41, 5.74) is 1.37. The smallest absolute Gasteiger partial charge is 0.224 e. The summed E-state index contributed by atoms with van der Waals surface area (Å²) in [7, 11) is 0. The van der Waals surface area contributed by atoms with Crippen LogP contribution in [0.4, 0.5) is 11.8 Å². The first kappa shape index (κ1) is 19.1. The minimum atomic E-state index is -0.131. The zero-order valence-electron chi connectivity index (χ0n) is 16.9. The highest BCUT2D eigenvalue weighted by Crippen LogP contribution is 2.59. The topological polar surface area (TPSA) is 114 Å². The second kappa shape index (κ2) is 7.44. The average Bonchev–Trinajstić information content (AvgIpc) is 2.75. The molecule has 4 saturated carbocycles. The van der Waals surface area contributed by atoms with E-state index in [4.69, 9.17) is 0 Å². The van der Waals surface area contributed by atoms with Crippen LogP contribution in [0.15, 0.2) is 30.5 Å². The fourth-order valence-electron chi connectivity index (χ4n) is 6.17. The van der Waals surface area contributed by atoms with E-state index in [1.807, 2.05) is 12.1 Å². The molecule has 0 aliphatic heterocycles. The Balaban J connectivity index is 1.29. The summed E-state index contributed by atoms with van der Waals surface area (Å²) in [4.78, 5) is 8.77. The lowest BCUT2D eigenvalue weighted by molar-refractivity contribution is -0.129. The van der Waals surface area contributed by atoms with Crippen LogP contribution in [0.1, 0.15) is 43.2 Å². The minimum Gasteiger partial charge on any atom is -0.508 e. The maximum Gasteiger partial charge on any atom is 0.224 e. The van der Waals surface area contributed by atoms with Gasteiger partial charge in [-0.15, -0.1) is 0 Å². The third-order valence-corrected chi connectivity index (χ3v) is 7.32. The van der Waals surface area contributed by atoms with E-state index in [9.17, 15) is 15.5 Å². The lowest BCUT2D eigenvalue weighted by Crippen LogP contribution is -2.55. The van der Waals surface area contributed by atoms with Crippen LogP contribution in [-0.2, 0) is 6.54 Å². The zero-order chi connectivity index (χ0) is 20.7. The first-order chi connectivity index (χ1) is 14.5. The number of phenols is 1. The molecule has 4 aliphatic carbocycles. The summed E-state index contributed by atoms with van der Waals surface area (Å²) in [6, 6.07) is 9.31. The standard InChI is InChI=1S/C23H27N5O2/c24-10-18-12-26-22(25-11-15-3-1-2-4-19(15)29)28-21(18)27-13-23-7-14-5-16(8-23)20(30)17(6-14)9-23/h1-4,12,14,16-17,20,29-30H,5-9,11,13H2,(H2,25,26,27,28)/t14?,16-,17+,20?,23?. The Labute approximate surface area is 176 Å². The Hall–Kier alpha value is -2.85. The minimum absolute atomic E-state index is 0.131. The molecule has 4 aliphatic rings. The van der Waals surface area contributed by atoms with Gasteiger partial charge in [0.2, 0.25) is 5.95 Å². The molecule has 2 aromatic rings. The molecule has 156 valence electrons. The number of anilines is 2. The van der Waals surface area contributed by atoms with Crippen LogP contribution in [0.3, 0.4) is 0 Å². The van der Waals surface area contributed by atoms with Crippen molar-refractivity contribution in [1.82, 2.24) is 9.97 Å². The van der Waals surface area contributed by atoms with Gasteiger partial charge in [0, 0.05) is 18.7 Å². The summed E-state index contributed by atoms with van der Waals surface area (Å²) in [6.45, 7) is 1.17. The predicted molar refractivity (Wildman–Crippen MR) is 113 cm³/mol. The number of nitrogens with zero attached hydrogens (tertiary/aromatic N) is 3. The van der Waals surface area contributed by atoms with Gasteiger partial charge in [-0.1, -0.05) is 18.2 Å². The highest BCUT2D eigenvalue weighted by atomic mass is 16.3. The van der Waals surface area contributed by atoms with E-state index in [2.05, 4.69) is 26.7 Å². The Kier molecular flexibility index (Phi) is 4.75. The second-order valence-corrected chi connectivity index (χ2v) is 9.36. The fourth-order valence-corrected chi connectivity index (χ4v) is 6.17. The summed E-state index contributed by atoms with van der Waals surface area (Å²) in [5, 5.41) is 36.5. The van der Waals surface area contributed by atoms with E-state index < -0.39 is 0 Å². The van der Waals surface area contributed by atoms with E-state index in [0.717, 1.165) is 43.7 Å². The van der Waals surface area contributed by atoms with Crippen molar-refractivity contribution in [2.45, 2.75) is 44.8 Å². The van der Waals surface area contributed by atoms with Crippen LogP contribution in [0.2, 0.25) is 0 Å². The number of hydrogen-bond acceptors (Lipinski definition) is 7. The molecule has 4 N–H and O–H groups in total. The Morgan fingerprint density at radius 3 is 2.63 bits per heavy atom. The van der Waals surface area contributed by atoms with Gasteiger partial charge >= 0.3 is 0 Å². The molecule has 4 fully saturated rings. The van der Waals surface area contributed by atoms with Gasteiger partial charge in [0.15, 0.2) is 0 Å². The van der Waals surface area contributed by atoms with Crippen molar-refractivity contribution < 1.29 is 10.2 Å². The second-order valence-electron chi connectivity index (χ2n) is 9.36. The van der Waals surface area contributed by atoms with Crippen LogP contribution in [0, 0.1) is 34.5 Å². The number of aliphatic hydroxyl groups is 1. The van der Waals surface area contributed by atoms with Crippen molar-refractivity contribution in [2.75, 3.05) is 17.2 Å². The first-order valence-electron chi connectivity index (χ1n) is 10.7. The lowest BCUT2D eigenvalue weighted by atomic mass is 9.48. The van der Waals surface area contributed by atoms with Crippen molar-refractivity contribution in [3.8, 4) is 11.8 Å². The molecule has 1 aromatic carbocycles. The summed E-state index contributed by atoms with van der Waals surface area (Å²) >= 11 is 0. The van der Waals surface area contributed by atoms with Crippen molar-refractivity contribution in [2.24, 2.45) is 23.2 Å². The highest BCUT2D eigenvalue weighted by molar-refractivity contribution is 5.53. The lowest BCUT2D eigenvalue weighted by Gasteiger charge is -2.59. The number of para-hydroxylation sites is 1. The molecule has 0 saturated heterocycles. The largest absolute Gasteiger partial charge is 0.508 e. The third-order valence-electron chi connectivity index (χ3n) is 7.32. The monoisotopic (exact) mass is 405 g/mol. The first-order valence-corrected chi connectivity index (χ1v) is 10.7. The molecule has 7 heteroatoms. The number of rotatable bonds is 6. The Bertz CT molecular complexity index is 972. The van der Waals surface area contributed by atoms with Gasteiger partial charge in [0.1, 0.15) is 23.2 Å². The number of aromatic hydroxyl groups is 1. The summed E-state index contributed by atoms with van der Waals surface area (Å²) in [5.74, 6) is 2.76. The van der Waals surface area contributed by atoms with Gasteiger partial charge in [-0.05, 0) is 61.3 Å². The molecular formula is C23H27N5O2. The summed E-state index contributed by atoms with van der Waals surface area (Å²) < 4.78 is 0. The number of benzene rings is 1. The molecule has 0 amide bonds. The molecule has 1 heterocycles. The molecule has 0 radical (unpaired) electrons. The van der Waals surface area contributed by atoms with Crippen molar-refractivity contribution in [1.29, 1.82) is 5.26 Å². The number of hydrogen-bond donors (Lipinski definition) is 4. The predicted octanol–water partition coefficient (Wildman–Crippen LogP) is 3.27. The SMILES string of the molecule is N#Cc1cnc(NCc2ccccc2O)nc1NCC12CC3C[C@H](C1)C(O)[C@@H](C3)C2. The molecule has 7 nitrogen and oxygen atoms in total. The number of phenolic OH excluding ortho intramolecular Hbond substituents is 1. The van der Waals surface area contributed by atoms with Crippen LogP contribution >= 0.6 is 0 Å². The quantitative estimate of drug-likeness (QED) is 0.583. The molecular weight excluding hydrogens is 378 g/mol. The van der Waals surface area contributed by atoms with E-state index in [-0.39, 0.29) is 17.3 Å². The van der Waals surface area contributed by atoms with Gasteiger partial charge in [-0.2, -0.15) is 10.2 Å². The maximum atomic E-state index is 10.5. The third kappa shape index (κ3) is 3.46. The van der Waals surface area contributed by atoms with E-state index in [0.29, 0.717) is 35.7 Å². The van der Waals surface area contributed by atoms with Gasteiger partial charge in [0.05, 0.1) is 12.3 Å². The van der Waals surface area contributed by atoms with E-state index in [1.165, 1.54) is 12.6 Å². The van der Waals surface area contributed by atoms with Crippen molar-refractivity contribution in [3.05, 3.63) is 41.6 Å². The number of nitrogens with one attached hydrogen (secondary N) is 2. The Morgan fingerprint density at radius 1 is 1.13 bits per heavy atom. The fraction of sp³-hybridized carbons (Fsp3) is 0.522. The average molecular weight is 406 g/mol. The molecule has 5 atom stereocenters. The number of nitriles is 1. The van der Waals surface area contributed by atoms with Crippen LogP contribution in [0.5, 0.6) is 5.75 Å². The molecule has 4 bridgehead atoms. The molecule has 3 unspecified atom stereocenters. The molecule has 1 aromatic heterocycles. The van der Waals surface area contributed by atoms with E-state index in [1.54, 1.807) is 12.1 Å². The number of aromatic nitrogens is 2. The zero-order valence-corrected chi connectivity index (χ0v) is 16.9. The van der Waals surface area contributed by atoms with Gasteiger partial charge in [0.25, 0.3) is 0 Å². The molecule has 30 heavy (non-hydrogen) atoms.